The van der Waals surface area contributed by atoms with Gasteiger partial charge in [0.1, 0.15) is 11.2 Å². The van der Waals surface area contributed by atoms with Crippen molar-refractivity contribution < 1.29 is 0 Å². The summed E-state index contributed by atoms with van der Waals surface area (Å²) in [7, 11) is 0. The Kier molecular flexibility index (Phi) is 3.91. The Morgan fingerprint density at radius 3 is 2.71 bits per heavy atom. The number of nitriles is 1. The van der Waals surface area contributed by atoms with Crippen LogP contribution < -0.4 is 0 Å². The van der Waals surface area contributed by atoms with E-state index in [4.69, 9.17) is 16.9 Å². The molecular weight excluding hydrogens is 196 g/mol. The van der Waals surface area contributed by atoms with Gasteiger partial charge in [-0.05, 0) is 24.5 Å². The molecule has 3 heteroatoms. The predicted molar refractivity (Wildman–Crippen MR) is 57.3 cm³/mol. The van der Waals surface area contributed by atoms with Crippen molar-refractivity contribution in [3.8, 4) is 6.07 Å². The van der Waals surface area contributed by atoms with Gasteiger partial charge in [-0.3, -0.25) is 0 Å². The molecule has 0 aliphatic rings. The lowest BCUT2D eigenvalue weighted by Gasteiger charge is -2.07. The van der Waals surface area contributed by atoms with Crippen molar-refractivity contribution in [3.63, 3.8) is 0 Å². The summed E-state index contributed by atoms with van der Waals surface area (Å²) < 4.78 is 0. The molecule has 0 spiro atoms. The Hall–Kier alpha value is -1.07. The van der Waals surface area contributed by atoms with Crippen molar-refractivity contribution in [2.75, 3.05) is 0 Å². The number of hydrogen-bond acceptors (Lipinski definition) is 2. The van der Waals surface area contributed by atoms with Crippen molar-refractivity contribution in [2.45, 2.75) is 33.1 Å². The lowest BCUT2D eigenvalue weighted by Crippen LogP contribution is -1.99. The summed E-state index contributed by atoms with van der Waals surface area (Å²) in [5, 5.41) is 9.11. The van der Waals surface area contributed by atoms with Gasteiger partial charge in [-0.15, -0.1) is 0 Å². The molecule has 0 unspecified atom stereocenters. The van der Waals surface area contributed by atoms with E-state index in [2.05, 4.69) is 18.8 Å². The third-order valence-electron chi connectivity index (χ3n) is 2.13. The van der Waals surface area contributed by atoms with Crippen LogP contribution >= 0.6 is 11.6 Å². The average molecular weight is 209 g/mol. The van der Waals surface area contributed by atoms with Gasteiger partial charge in [0.15, 0.2) is 0 Å². The van der Waals surface area contributed by atoms with Gasteiger partial charge in [0.2, 0.25) is 0 Å². The number of nitrogens with zero attached hydrogens (tertiary/aromatic N) is 2. The Morgan fingerprint density at radius 2 is 2.21 bits per heavy atom. The molecule has 14 heavy (non-hydrogen) atoms. The summed E-state index contributed by atoms with van der Waals surface area (Å²) in [5.74, 6) is 0. The fraction of sp³-hybridized carbons (Fsp3) is 0.455. The number of halogens is 1. The molecule has 2 nitrogen and oxygen atoms in total. The van der Waals surface area contributed by atoms with Gasteiger partial charge in [-0.25, -0.2) is 4.98 Å². The number of pyridine rings is 1. The van der Waals surface area contributed by atoms with Crippen LogP contribution in [-0.4, -0.2) is 4.98 Å². The fourth-order valence-electron chi connectivity index (χ4n) is 1.41. The number of hydrogen-bond donors (Lipinski definition) is 0. The summed E-state index contributed by atoms with van der Waals surface area (Å²) in [5.41, 5.74) is 2.63. The minimum absolute atomic E-state index is 0.327. The van der Waals surface area contributed by atoms with Crippen molar-refractivity contribution in [1.82, 2.24) is 4.98 Å². The molecule has 0 saturated carbocycles. The lowest BCUT2D eigenvalue weighted by molar-refractivity contribution is 0.856. The highest BCUT2D eigenvalue weighted by molar-refractivity contribution is 6.30. The maximum Gasteiger partial charge on any atom is 0.147 e. The van der Waals surface area contributed by atoms with E-state index < -0.39 is 0 Å². The van der Waals surface area contributed by atoms with Crippen LogP contribution in [0.3, 0.4) is 0 Å². The third-order valence-corrected chi connectivity index (χ3v) is 2.42. The van der Waals surface area contributed by atoms with Gasteiger partial charge < -0.3 is 0 Å². The Bertz CT molecular complexity index is 366. The first kappa shape index (κ1) is 11.0. The van der Waals surface area contributed by atoms with E-state index in [0.717, 1.165) is 30.5 Å². The van der Waals surface area contributed by atoms with Crippen LogP contribution in [0.5, 0.6) is 0 Å². The molecule has 0 saturated heterocycles. The van der Waals surface area contributed by atoms with Crippen LogP contribution in [0.15, 0.2) is 6.07 Å². The first-order valence-electron chi connectivity index (χ1n) is 4.81. The van der Waals surface area contributed by atoms with Gasteiger partial charge in [-0.1, -0.05) is 31.9 Å². The monoisotopic (exact) mass is 208 g/mol. The van der Waals surface area contributed by atoms with Gasteiger partial charge in [0, 0.05) is 5.69 Å². The second kappa shape index (κ2) is 4.97. The van der Waals surface area contributed by atoms with Gasteiger partial charge >= 0.3 is 0 Å². The van der Waals surface area contributed by atoms with Crippen molar-refractivity contribution >= 4 is 11.6 Å². The van der Waals surface area contributed by atoms with E-state index in [1.807, 2.05) is 12.1 Å². The number of rotatable bonds is 3. The SMILES string of the molecule is CCCc1nc(Cl)c(C#N)cc1CC. The van der Waals surface area contributed by atoms with Gasteiger partial charge in [-0.2, -0.15) is 5.26 Å². The number of aromatic nitrogens is 1. The smallest absolute Gasteiger partial charge is 0.147 e. The highest BCUT2D eigenvalue weighted by atomic mass is 35.5. The van der Waals surface area contributed by atoms with Crippen molar-refractivity contribution in [2.24, 2.45) is 0 Å². The molecule has 0 atom stereocenters. The van der Waals surface area contributed by atoms with E-state index in [1.165, 1.54) is 0 Å². The maximum atomic E-state index is 8.78. The maximum absolute atomic E-state index is 8.78. The van der Waals surface area contributed by atoms with Crippen LogP contribution in [-0.2, 0) is 12.8 Å². The second-order valence-electron chi connectivity index (χ2n) is 3.15. The standard InChI is InChI=1S/C11H13ClN2/c1-3-5-10-8(4-2)6-9(7-13)11(12)14-10/h6H,3-5H2,1-2H3. The van der Waals surface area contributed by atoms with E-state index in [9.17, 15) is 0 Å². The molecule has 0 radical (unpaired) electrons. The van der Waals surface area contributed by atoms with Crippen LogP contribution in [0.2, 0.25) is 5.15 Å². The van der Waals surface area contributed by atoms with Gasteiger partial charge in [0.25, 0.3) is 0 Å². The fourth-order valence-corrected chi connectivity index (χ4v) is 1.60. The molecule has 0 aliphatic heterocycles. The van der Waals surface area contributed by atoms with E-state index in [1.54, 1.807) is 0 Å². The number of aryl methyl sites for hydroxylation is 2. The van der Waals surface area contributed by atoms with Crippen LogP contribution in [0.1, 0.15) is 37.1 Å². The summed E-state index contributed by atoms with van der Waals surface area (Å²) in [6.45, 7) is 4.17. The first-order valence-corrected chi connectivity index (χ1v) is 5.19. The molecular formula is C11H13ClN2. The molecule has 0 aliphatic carbocycles. The zero-order valence-electron chi connectivity index (χ0n) is 8.47. The Balaban J connectivity index is 3.18. The minimum atomic E-state index is 0.327. The average Bonchev–Trinajstić information content (AvgIpc) is 2.19. The lowest BCUT2D eigenvalue weighted by atomic mass is 10.1. The molecule has 1 aromatic rings. The summed E-state index contributed by atoms with van der Waals surface area (Å²) >= 11 is 5.86. The molecule has 0 bridgehead atoms. The Labute approximate surface area is 89.5 Å². The molecule has 0 N–H and O–H groups in total. The molecule has 0 fully saturated rings. The molecule has 0 amide bonds. The van der Waals surface area contributed by atoms with Crippen LogP contribution in [0.4, 0.5) is 0 Å². The molecule has 1 heterocycles. The van der Waals surface area contributed by atoms with Crippen LogP contribution in [0.25, 0.3) is 0 Å². The van der Waals surface area contributed by atoms with E-state index in [0.29, 0.717) is 10.7 Å². The molecule has 0 aromatic carbocycles. The second-order valence-corrected chi connectivity index (χ2v) is 3.51. The molecule has 74 valence electrons. The highest BCUT2D eigenvalue weighted by Gasteiger charge is 2.07. The minimum Gasteiger partial charge on any atom is -0.239 e. The van der Waals surface area contributed by atoms with E-state index in [-0.39, 0.29) is 0 Å². The highest BCUT2D eigenvalue weighted by Crippen LogP contribution is 2.18. The predicted octanol–water partition coefficient (Wildman–Crippen LogP) is 3.12. The van der Waals surface area contributed by atoms with Gasteiger partial charge in [0.05, 0.1) is 5.56 Å². The third kappa shape index (κ3) is 2.24. The van der Waals surface area contributed by atoms with Crippen molar-refractivity contribution in [3.05, 3.63) is 28.0 Å². The summed E-state index contributed by atoms with van der Waals surface area (Å²) in [4.78, 5) is 4.25. The zero-order valence-corrected chi connectivity index (χ0v) is 9.23. The molecule has 1 aromatic heterocycles. The van der Waals surface area contributed by atoms with E-state index >= 15 is 0 Å². The topological polar surface area (TPSA) is 36.7 Å². The zero-order chi connectivity index (χ0) is 10.6. The molecule has 1 rings (SSSR count). The largest absolute Gasteiger partial charge is 0.239 e. The normalized spacial score (nSPS) is 9.86. The Morgan fingerprint density at radius 1 is 1.50 bits per heavy atom. The quantitative estimate of drug-likeness (QED) is 0.716. The first-order chi connectivity index (χ1) is 6.72. The summed E-state index contributed by atoms with van der Waals surface area (Å²) in [6.07, 6.45) is 2.87. The van der Waals surface area contributed by atoms with Crippen LogP contribution in [0, 0.1) is 11.3 Å². The van der Waals surface area contributed by atoms with Crippen molar-refractivity contribution in [1.29, 1.82) is 5.26 Å². The summed E-state index contributed by atoms with van der Waals surface area (Å²) in [6, 6.07) is 3.89.